The van der Waals surface area contributed by atoms with Gasteiger partial charge in [-0.05, 0) is 16.7 Å². The van der Waals surface area contributed by atoms with Crippen LogP contribution in [0.5, 0.6) is 0 Å². The first-order chi connectivity index (χ1) is 12.7. The predicted octanol–water partition coefficient (Wildman–Crippen LogP) is 7.81. The van der Waals surface area contributed by atoms with Crippen LogP contribution in [0.2, 0.25) is 0 Å². The van der Waals surface area contributed by atoms with E-state index in [1.807, 2.05) is 0 Å². The Labute approximate surface area is 177 Å². The summed E-state index contributed by atoms with van der Waals surface area (Å²) in [6.07, 6.45) is 13.5. The second-order valence-electron chi connectivity index (χ2n) is 6.25. The van der Waals surface area contributed by atoms with E-state index in [2.05, 4.69) is 93.1 Å². The van der Waals surface area contributed by atoms with Crippen molar-refractivity contribution in [1.82, 2.24) is 0 Å². The zero-order valence-corrected chi connectivity index (χ0v) is 19.0. The molecule has 2 aliphatic rings. The molecule has 2 aliphatic carbocycles. The Morgan fingerprint density at radius 2 is 1.46 bits per heavy atom. The number of unbranched alkanes of at least 4 members (excludes halogenated alkanes) is 1. The second kappa shape index (κ2) is 12.0. The van der Waals surface area contributed by atoms with Crippen LogP contribution < -0.4 is 0 Å². The summed E-state index contributed by atoms with van der Waals surface area (Å²) in [4.78, 5) is 0. The quantitative estimate of drug-likeness (QED) is 0.408. The summed E-state index contributed by atoms with van der Waals surface area (Å²) in [5, 5.41) is 0. The fraction of sp³-hybridized carbons (Fsp3) is 0.217. The van der Waals surface area contributed by atoms with Crippen molar-refractivity contribution < 1.29 is 20.8 Å². The third-order valence-electron chi connectivity index (χ3n) is 4.57. The van der Waals surface area contributed by atoms with E-state index < -0.39 is 20.8 Å². The number of fused-ring (bicyclic) bond motifs is 2. The van der Waals surface area contributed by atoms with Crippen molar-refractivity contribution in [2.24, 2.45) is 0 Å². The van der Waals surface area contributed by atoms with E-state index in [0.29, 0.717) is 11.8 Å². The Bertz CT molecular complexity index is 736. The van der Waals surface area contributed by atoms with Gasteiger partial charge in [0.05, 0.1) is 0 Å². The normalized spacial score (nSPS) is 18.0. The van der Waals surface area contributed by atoms with Gasteiger partial charge in [0.2, 0.25) is 0 Å². The minimum absolute atomic E-state index is 0.371. The minimum atomic E-state index is -0.826. The van der Waals surface area contributed by atoms with E-state index in [0.717, 1.165) is 0 Å². The number of rotatable bonds is 3. The fourth-order valence-corrected chi connectivity index (χ4v) is 3.25. The molecular weight excluding hydrogens is 438 g/mol. The van der Waals surface area contributed by atoms with Gasteiger partial charge in [-0.2, -0.15) is 13.3 Å². The number of halogens is 2. The van der Waals surface area contributed by atoms with E-state index in [1.54, 1.807) is 0 Å². The van der Waals surface area contributed by atoms with Crippen molar-refractivity contribution in [3.8, 4) is 0 Å². The third kappa shape index (κ3) is 6.22. The first-order valence-electron chi connectivity index (χ1n) is 8.82. The molecule has 0 saturated carbocycles. The van der Waals surface area contributed by atoms with E-state index in [1.165, 1.54) is 35.1 Å². The average Bonchev–Trinajstić information content (AvgIpc) is 3.25. The van der Waals surface area contributed by atoms with Crippen LogP contribution in [0, 0.1) is 13.3 Å². The van der Waals surface area contributed by atoms with E-state index in [-0.39, 0.29) is 0 Å². The molecule has 0 spiro atoms. The number of hydrogen-bond donors (Lipinski definition) is 0. The predicted molar refractivity (Wildman–Crippen MR) is 113 cm³/mol. The molecule has 0 aliphatic heterocycles. The topological polar surface area (TPSA) is 0 Å². The Morgan fingerprint density at radius 1 is 0.923 bits per heavy atom. The first kappa shape index (κ1) is 21.7. The van der Waals surface area contributed by atoms with Crippen molar-refractivity contribution in [1.29, 1.82) is 0 Å². The van der Waals surface area contributed by atoms with Gasteiger partial charge in [0, 0.05) is 5.92 Å². The van der Waals surface area contributed by atoms with Crippen LogP contribution in [-0.2, 0) is 20.8 Å². The SMILES string of the molecule is C[CH-]CCC1C=Cc2ccccc21.[CH2-]C1C=Cc2ccccc21.[Cl][Zr+2][Cl]. The maximum atomic E-state index is 4.93. The summed E-state index contributed by atoms with van der Waals surface area (Å²) in [6, 6.07) is 17.1. The molecule has 0 N–H and O–H groups in total. The zero-order chi connectivity index (χ0) is 18.8. The Hall–Kier alpha value is -0.617. The van der Waals surface area contributed by atoms with Gasteiger partial charge >= 0.3 is 37.9 Å². The second-order valence-corrected chi connectivity index (χ2v) is 9.98. The molecule has 2 aromatic carbocycles. The Balaban J connectivity index is 0.000000167. The van der Waals surface area contributed by atoms with E-state index >= 15 is 0 Å². The number of allylic oxidation sites excluding steroid dienone is 2. The summed E-state index contributed by atoms with van der Waals surface area (Å²) in [5.41, 5.74) is 5.58. The molecule has 0 saturated heterocycles. The molecule has 2 atom stereocenters. The number of benzene rings is 2. The Morgan fingerprint density at radius 3 is 2.08 bits per heavy atom. The van der Waals surface area contributed by atoms with Crippen LogP contribution in [0.1, 0.15) is 53.9 Å². The monoisotopic (exact) mass is 460 g/mol. The van der Waals surface area contributed by atoms with Crippen LogP contribution in [0.15, 0.2) is 60.7 Å². The fourth-order valence-electron chi connectivity index (χ4n) is 3.25. The van der Waals surface area contributed by atoms with Crippen LogP contribution in [0.3, 0.4) is 0 Å². The molecule has 4 rings (SSSR count). The van der Waals surface area contributed by atoms with Crippen molar-refractivity contribution in [3.63, 3.8) is 0 Å². The van der Waals surface area contributed by atoms with Crippen LogP contribution >= 0.6 is 17.0 Å². The van der Waals surface area contributed by atoms with Crippen LogP contribution in [-0.4, -0.2) is 0 Å². The molecule has 0 bridgehead atoms. The summed E-state index contributed by atoms with van der Waals surface area (Å²) < 4.78 is 0. The summed E-state index contributed by atoms with van der Waals surface area (Å²) in [5.74, 6) is 1.03. The zero-order valence-electron chi connectivity index (χ0n) is 15.0. The van der Waals surface area contributed by atoms with Gasteiger partial charge in [-0.1, -0.05) is 78.7 Å². The molecular formula is C23H24Cl2Zr. The van der Waals surface area contributed by atoms with E-state index in [9.17, 15) is 0 Å². The van der Waals surface area contributed by atoms with Gasteiger partial charge in [0.1, 0.15) is 0 Å². The molecule has 26 heavy (non-hydrogen) atoms. The van der Waals surface area contributed by atoms with Crippen molar-refractivity contribution in [3.05, 3.63) is 96.3 Å². The van der Waals surface area contributed by atoms with E-state index in [4.69, 9.17) is 17.0 Å². The third-order valence-corrected chi connectivity index (χ3v) is 4.57. The van der Waals surface area contributed by atoms with Gasteiger partial charge in [0.15, 0.2) is 0 Å². The van der Waals surface area contributed by atoms with Gasteiger partial charge in [-0.15, -0.1) is 12.0 Å². The first-order valence-corrected chi connectivity index (χ1v) is 15.2. The van der Waals surface area contributed by atoms with Gasteiger partial charge in [0.25, 0.3) is 0 Å². The molecule has 0 fully saturated rings. The maximum absolute atomic E-state index is 4.93. The van der Waals surface area contributed by atoms with Crippen molar-refractivity contribution in [2.45, 2.75) is 31.6 Å². The van der Waals surface area contributed by atoms with Gasteiger partial charge < -0.3 is 13.3 Å². The molecule has 3 heteroatoms. The van der Waals surface area contributed by atoms with Gasteiger partial charge in [-0.3, -0.25) is 0 Å². The van der Waals surface area contributed by atoms with Crippen molar-refractivity contribution in [2.75, 3.05) is 0 Å². The molecule has 0 heterocycles. The summed E-state index contributed by atoms with van der Waals surface area (Å²) in [6.45, 7) is 6.12. The molecule has 0 nitrogen and oxygen atoms in total. The van der Waals surface area contributed by atoms with Crippen LogP contribution in [0.25, 0.3) is 12.2 Å². The molecule has 0 radical (unpaired) electrons. The van der Waals surface area contributed by atoms with Crippen LogP contribution in [0.4, 0.5) is 0 Å². The Kier molecular flexibility index (Phi) is 9.98. The number of hydrogen-bond acceptors (Lipinski definition) is 0. The molecule has 2 unspecified atom stereocenters. The summed E-state index contributed by atoms with van der Waals surface area (Å²) in [7, 11) is 9.87. The molecule has 2 aromatic rings. The molecule has 0 amide bonds. The standard InChI is InChI=1S/C13H15.C10H9.2ClH.Zr/c1-2-3-6-11-9-10-12-7-4-5-8-13(11)12;1-8-6-7-9-4-2-3-5-10(8)9;;;/h2,4-5,7-11H,3,6H2,1H3;2-8H,1H2;2*1H;/q2*-1;;;+4/p-2. The summed E-state index contributed by atoms with van der Waals surface area (Å²) >= 11 is -0.826. The molecule has 134 valence electrons. The van der Waals surface area contributed by atoms with Crippen molar-refractivity contribution >= 4 is 29.2 Å². The van der Waals surface area contributed by atoms with Gasteiger partial charge in [-0.25, -0.2) is 0 Å². The average molecular weight is 463 g/mol. The molecule has 0 aromatic heterocycles.